The van der Waals surface area contributed by atoms with Crippen molar-refractivity contribution in [2.75, 3.05) is 13.6 Å². The van der Waals surface area contributed by atoms with E-state index in [-0.39, 0.29) is 18.3 Å². The van der Waals surface area contributed by atoms with Crippen LogP contribution in [0.5, 0.6) is 0 Å². The fourth-order valence-corrected chi connectivity index (χ4v) is 2.36. The Morgan fingerprint density at radius 3 is 2.64 bits per heavy atom. The Hall–Kier alpha value is -1.91. The fraction of sp³-hybridized carbons (Fsp3) is 0.235. The molecular weight excluding hydrogens is 303 g/mol. The third kappa shape index (κ3) is 5.47. The maximum Gasteiger partial charge on any atom is 0.234 e. The number of nitrogens with one attached hydrogen (secondary N) is 1. The van der Waals surface area contributed by atoms with Gasteiger partial charge in [0.15, 0.2) is 0 Å². The number of carbonyl (C=O) groups is 1. The highest BCUT2D eigenvalue weighted by atomic mass is 35.5. The molecule has 116 valence electrons. The van der Waals surface area contributed by atoms with Gasteiger partial charge in [-0.3, -0.25) is 9.69 Å². The van der Waals surface area contributed by atoms with Gasteiger partial charge in [0.25, 0.3) is 0 Å². The molecule has 0 aliphatic heterocycles. The molecule has 0 aliphatic carbocycles. The summed E-state index contributed by atoms with van der Waals surface area (Å²) in [5, 5.41) is 3.49. The number of nitrogens with zero attached hydrogens (tertiary/aromatic N) is 1. The normalized spacial score (nSPS) is 10.7. The molecule has 0 heterocycles. The van der Waals surface area contributed by atoms with E-state index in [0.29, 0.717) is 18.1 Å². The first kappa shape index (κ1) is 16.5. The van der Waals surface area contributed by atoms with E-state index in [2.05, 4.69) is 5.32 Å². The standard InChI is InChI=1S/C17H18ClFN2O/c1-21(11-14-5-3-7-16(19)9-14)12-17(22)20-10-13-4-2-6-15(18)8-13/h2-9H,10-12H2,1H3,(H,20,22). The quantitative estimate of drug-likeness (QED) is 0.886. The van der Waals surface area contributed by atoms with E-state index in [0.717, 1.165) is 11.1 Å². The molecule has 2 aromatic carbocycles. The van der Waals surface area contributed by atoms with Crippen molar-refractivity contribution in [3.63, 3.8) is 0 Å². The van der Waals surface area contributed by atoms with Crippen LogP contribution in [0.1, 0.15) is 11.1 Å². The van der Waals surface area contributed by atoms with Gasteiger partial charge in [0.1, 0.15) is 5.82 Å². The van der Waals surface area contributed by atoms with E-state index in [9.17, 15) is 9.18 Å². The van der Waals surface area contributed by atoms with Crippen molar-refractivity contribution in [1.29, 1.82) is 0 Å². The fourth-order valence-electron chi connectivity index (χ4n) is 2.15. The molecule has 0 atom stereocenters. The second-order valence-electron chi connectivity index (χ2n) is 5.21. The Labute approximate surface area is 134 Å². The van der Waals surface area contributed by atoms with Gasteiger partial charge in [-0.05, 0) is 42.4 Å². The third-order valence-electron chi connectivity index (χ3n) is 3.13. The molecule has 2 aromatic rings. The molecule has 0 unspecified atom stereocenters. The van der Waals surface area contributed by atoms with Crippen LogP contribution in [-0.2, 0) is 17.9 Å². The number of likely N-dealkylation sites (N-methyl/N-ethyl adjacent to an activating group) is 1. The van der Waals surface area contributed by atoms with Crippen molar-refractivity contribution < 1.29 is 9.18 Å². The molecule has 0 saturated carbocycles. The average Bonchev–Trinajstić information content (AvgIpc) is 2.45. The Morgan fingerprint density at radius 1 is 1.18 bits per heavy atom. The summed E-state index contributed by atoms with van der Waals surface area (Å²) in [7, 11) is 1.82. The highest BCUT2D eigenvalue weighted by molar-refractivity contribution is 6.30. The van der Waals surface area contributed by atoms with Crippen LogP contribution in [0.3, 0.4) is 0 Å². The SMILES string of the molecule is CN(CC(=O)NCc1cccc(Cl)c1)Cc1cccc(F)c1. The molecule has 22 heavy (non-hydrogen) atoms. The van der Waals surface area contributed by atoms with Gasteiger partial charge in [-0.1, -0.05) is 35.9 Å². The number of carbonyl (C=O) groups excluding carboxylic acids is 1. The summed E-state index contributed by atoms with van der Waals surface area (Å²) in [6.07, 6.45) is 0. The van der Waals surface area contributed by atoms with Crippen LogP contribution in [0, 0.1) is 5.82 Å². The second-order valence-corrected chi connectivity index (χ2v) is 5.65. The van der Waals surface area contributed by atoms with Crippen molar-refractivity contribution in [2.45, 2.75) is 13.1 Å². The lowest BCUT2D eigenvalue weighted by molar-refractivity contribution is -0.122. The Bertz CT molecular complexity index is 648. The number of amides is 1. The number of benzene rings is 2. The highest BCUT2D eigenvalue weighted by Crippen LogP contribution is 2.10. The van der Waals surface area contributed by atoms with Crippen LogP contribution in [0.2, 0.25) is 5.02 Å². The first-order valence-corrected chi connectivity index (χ1v) is 7.35. The smallest absolute Gasteiger partial charge is 0.234 e. The van der Waals surface area contributed by atoms with E-state index in [1.54, 1.807) is 12.1 Å². The number of hydrogen-bond donors (Lipinski definition) is 1. The highest BCUT2D eigenvalue weighted by Gasteiger charge is 2.07. The molecule has 0 aliphatic rings. The van der Waals surface area contributed by atoms with Crippen LogP contribution in [-0.4, -0.2) is 24.4 Å². The summed E-state index contributed by atoms with van der Waals surface area (Å²) in [5.41, 5.74) is 1.79. The molecule has 0 bridgehead atoms. The maximum absolute atomic E-state index is 13.1. The Morgan fingerprint density at radius 2 is 1.91 bits per heavy atom. The predicted molar refractivity (Wildman–Crippen MR) is 86.0 cm³/mol. The average molecular weight is 321 g/mol. The third-order valence-corrected chi connectivity index (χ3v) is 3.37. The van der Waals surface area contributed by atoms with Crippen LogP contribution in [0.15, 0.2) is 48.5 Å². The molecular formula is C17H18ClFN2O. The second kappa shape index (κ2) is 7.92. The van der Waals surface area contributed by atoms with Gasteiger partial charge in [0, 0.05) is 18.1 Å². The van der Waals surface area contributed by atoms with Crippen LogP contribution in [0.4, 0.5) is 4.39 Å². The minimum Gasteiger partial charge on any atom is -0.351 e. The zero-order valence-electron chi connectivity index (χ0n) is 12.4. The lowest BCUT2D eigenvalue weighted by Crippen LogP contribution is -2.34. The Balaban J connectivity index is 1.79. The minimum atomic E-state index is -0.267. The molecule has 0 radical (unpaired) electrons. The van der Waals surface area contributed by atoms with Gasteiger partial charge >= 0.3 is 0 Å². The molecule has 0 aromatic heterocycles. The van der Waals surface area contributed by atoms with E-state index < -0.39 is 0 Å². The van der Waals surface area contributed by atoms with E-state index in [1.165, 1.54) is 12.1 Å². The summed E-state index contributed by atoms with van der Waals surface area (Å²) in [6, 6.07) is 13.7. The van der Waals surface area contributed by atoms with Gasteiger partial charge in [0.05, 0.1) is 6.54 Å². The number of hydrogen-bond acceptors (Lipinski definition) is 2. The van der Waals surface area contributed by atoms with Crippen molar-refractivity contribution in [3.05, 3.63) is 70.5 Å². The summed E-state index contributed by atoms with van der Waals surface area (Å²) < 4.78 is 13.1. The van der Waals surface area contributed by atoms with Gasteiger partial charge in [-0.15, -0.1) is 0 Å². The van der Waals surface area contributed by atoms with Crippen molar-refractivity contribution in [1.82, 2.24) is 10.2 Å². The summed E-state index contributed by atoms with van der Waals surface area (Å²) in [4.78, 5) is 13.7. The number of halogens is 2. The van der Waals surface area contributed by atoms with Crippen molar-refractivity contribution in [2.24, 2.45) is 0 Å². The first-order chi connectivity index (χ1) is 10.5. The summed E-state index contributed by atoms with van der Waals surface area (Å²) in [5.74, 6) is -0.352. The lowest BCUT2D eigenvalue weighted by atomic mass is 10.2. The summed E-state index contributed by atoms with van der Waals surface area (Å²) >= 11 is 5.90. The van der Waals surface area contributed by atoms with Crippen molar-refractivity contribution in [3.8, 4) is 0 Å². The van der Waals surface area contributed by atoms with E-state index in [4.69, 9.17) is 11.6 Å². The molecule has 0 fully saturated rings. The van der Waals surface area contributed by atoms with E-state index in [1.807, 2.05) is 36.2 Å². The van der Waals surface area contributed by atoms with Gasteiger partial charge in [-0.25, -0.2) is 4.39 Å². The van der Waals surface area contributed by atoms with Crippen LogP contribution >= 0.6 is 11.6 Å². The monoisotopic (exact) mass is 320 g/mol. The topological polar surface area (TPSA) is 32.3 Å². The predicted octanol–water partition coefficient (Wildman–Crippen LogP) is 3.23. The Kier molecular flexibility index (Phi) is 5.92. The molecule has 3 nitrogen and oxygen atoms in total. The zero-order chi connectivity index (χ0) is 15.9. The molecule has 2 rings (SSSR count). The van der Waals surface area contributed by atoms with Gasteiger partial charge in [0.2, 0.25) is 5.91 Å². The largest absolute Gasteiger partial charge is 0.351 e. The van der Waals surface area contributed by atoms with Crippen molar-refractivity contribution >= 4 is 17.5 Å². The zero-order valence-corrected chi connectivity index (χ0v) is 13.1. The maximum atomic E-state index is 13.1. The molecule has 1 amide bonds. The van der Waals surface area contributed by atoms with Crippen LogP contribution < -0.4 is 5.32 Å². The molecule has 5 heteroatoms. The minimum absolute atomic E-state index is 0.0844. The molecule has 0 spiro atoms. The van der Waals surface area contributed by atoms with Crippen LogP contribution in [0.25, 0.3) is 0 Å². The summed E-state index contributed by atoms with van der Waals surface area (Å²) in [6.45, 7) is 1.20. The number of rotatable bonds is 6. The van der Waals surface area contributed by atoms with Gasteiger partial charge in [-0.2, -0.15) is 0 Å². The van der Waals surface area contributed by atoms with Gasteiger partial charge < -0.3 is 5.32 Å². The lowest BCUT2D eigenvalue weighted by Gasteiger charge is -2.16. The first-order valence-electron chi connectivity index (χ1n) is 6.97. The molecule has 1 N–H and O–H groups in total. The molecule has 0 saturated heterocycles. The van der Waals surface area contributed by atoms with E-state index >= 15 is 0 Å².